The lowest BCUT2D eigenvalue weighted by molar-refractivity contribution is -0.122. The van der Waals surface area contributed by atoms with E-state index in [-0.39, 0.29) is 5.92 Å². The molecule has 0 aliphatic heterocycles. The molecule has 0 aliphatic rings. The van der Waals surface area contributed by atoms with Crippen LogP contribution in [0.5, 0.6) is 0 Å². The minimum atomic E-state index is 0.179. The van der Waals surface area contributed by atoms with Gasteiger partial charge in [0.1, 0.15) is 5.78 Å². The number of hydrogen-bond acceptors (Lipinski definition) is 2. The number of ketones is 1. The molecule has 94 valence electrons. The fourth-order valence-electron chi connectivity index (χ4n) is 1.92. The molecule has 1 aromatic rings. The molecule has 17 heavy (non-hydrogen) atoms. The summed E-state index contributed by atoms with van der Waals surface area (Å²) in [5, 5.41) is 3.37. The third kappa shape index (κ3) is 5.14. The van der Waals surface area contributed by atoms with Gasteiger partial charge in [0.15, 0.2) is 0 Å². The fraction of sp³-hybridized carbons (Fsp3) is 0.533. The van der Waals surface area contributed by atoms with Crippen LogP contribution in [0.4, 0.5) is 0 Å². The van der Waals surface area contributed by atoms with Crippen molar-refractivity contribution in [2.24, 2.45) is 5.92 Å². The Morgan fingerprint density at radius 3 is 2.53 bits per heavy atom. The number of benzene rings is 1. The van der Waals surface area contributed by atoms with Crippen molar-refractivity contribution in [3.8, 4) is 0 Å². The van der Waals surface area contributed by atoms with Crippen LogP contribution in [0, 0.1) is 5.92 Å². The first-order valence-electron chi connectivity index (χ1n) is 6.55. The van der Waals surface area contributed by atoms with Gasteiger partial charge in [-0.3, -0.25) is 4.79 Å². The molecule has 0 spiro atoms. The van der Waals surface area contributed by atoms with E-state index in [1.807, 2.05) is 18.2 Å². The van der Waals surface area contributed by atoms with E-state index < -0.39 is 0 Å². The van der Waals surface area contributed by atoms with Gasteiger partial charge in [0.05, 0.1) is 0 Å². The number of hydrogen-bond donors (Lipinski definition) is 1. The van der Waals surface area contributed by atoms with Gasteiger partial charge in [0.25, 0.3) is 0 Å². The van der Waals surface area contributed by atoms with Gasteiger partial charge in [0, 0.05) is 25.4 Å². The maximum Gasteiger partial charge on any atom is 0.137 e. The molecule has 0 heterocycles. The first-order chi connectivity index (χ1) is 8.27. The smallest absolute Gasteiger partial charge is 0.137 e. The van der Waals surface area contributed by atoms with Crippen LogP contribution in [0.1, 0.15) is 38.7 Å². The lowest BCUT2D eigenvalue weighted by atomic mass is 9.98. The first-order valence-corrected chi connectivity index (χ1v) is 6.55. The number of rotatable bonds is 8. The highest BCUT2D eigenvalue weighted by Gasteiger charge is 2.14. The van der Waals surface area contributed by atoms with Gasteiger partial charge in [-0.25, -0.2) is 0 Å². The zero-order chi connectivity index (χ0) is 12.5. The van der Waals surface area contributed by atoms with Gasteiger partial charge >= 0.3 is 0 Å². The van der Waals surface area contributed by atoms with Gasteiger partial charge in [-0.05, 0) is 18.4 Å². The lowest BCUT2D eigenvalue weighted by Gasteiger charge is -2.14. The van der Waals surface area contributed by atoms with E-state index in [9.17, 15) is 4.79 Å². The van der Waals surface area contributed by atoms with Crippen molar-refractivity contribution in [2.75, 3.05) is 6.54 Å². The molecule has 0 fully saturated rings. The number of carbonyl (C=O) groups is 1. The van der Waals surface area contributed by atoms with Crippen LogP contribution in [0.2, 0.25) is 0 Å². The molecule has 1 aromatic carbocycles. The average molecular weight is 233 g/mol. The van der Waals surface area contributed by atoms with Crippen LogP contribution in [0.25, 0.3) is 0 Å². The molecular formula is C15H23NO. The summed E-state index contributed by atoms with van der Waals surface area (Å²) >= 11 is 0. The summed E-state index contributed by atoms with van der Waals surface area (Å²) in [6, 6.07) is 10.3. The molecule has 0 aromatic heterocycles. The Morgan fingerprint density at radius 1 is 1.24 bits per heavy atom. The maximum atomic E-state index is 11.8. The van der Waals surface area contributed by atoms with Gasteiger partial charge in [-0.2, -0.15) is 0 Å². The second kappa shape index (κ2) is 8.02. The van der Waals surface area contributed by atoms with Crippen molar-refractivity contribution in [3.05, 3.63) is 35.9 Å². The van der Waals surface area contributed by atoms with E-state index >= 15 is 0 Å². The molecule has 0 saturated heterocycles. The summed E-state index contributed by atoms with van der Waals surface area (Å²) in [7, 11) is 0. The van der Waals surface area contributed by atoms with Gasteiger partial charge in [-0.1, -0.05) is 44.2 Å². The van der Waals surface area contributed by atoms with Crippen LogP contribution < -0.4 is 5.32 Å². The minimum absolute atomic E-state index is 0.179. The van der Waals surface area contributed by atoms with Crippen LogP contribution in [-0.2, 0) is 11.3 Å². The van der Waals surface area contributed by atoms with Gasteiger partial charge in [0.2, 0.25) is 0 Å². The summed E-state index contributed by atoms with van der Waals surface area (Å²) in [5.41, 5.74) is 1.27. The molecule has 1 unspecified atom stereocenters. The zero-order valence-electron chi connectivity index (χ0n) is 10.9. The maximum absolute atomic E-state index is 11.8. The normalized spacial score (nSPS) is 12.4. The Balaban J connectivity index is 2.31. The molecular weight excluding hydrogens is 210 g/mol. The van der Waals surface area contributed by atoms with Crippen molar-refractivity contribution in [2.45, 2.75) is 39.7 Å². The SMILES string of the molecule is CCCC(=O)C(CC)CNCc1ccccc1. The topological polar surface area (TPSA) is 29.1 Å². The lowest BCUT2D eigenvalue weighted by Crippen LogP contribution is -2.27. The third-order valence-electron chi connectivity index (χ3n) is 3.01. The molecule has 1 atom stereocenters. The molecule has 2 nitrogen and oxygen atoms in total. The van der Waals surface area contributed by atoms with E-state index in [1.54, 1.807) is 0 Å². The summed E-state index contributed by atoms with van der Waals surface area (Å²) in [6.45, 7) is 5.78. The van der Waals surface area contributed by atoms with Crippen molar-refractivity contribution in [3.63, 3.8) is 0 Å². The molecule has 0 radical (unpaired) electrons. The second-order valence-electron chi connectivity index (χ2n) is 4.44. The van der Waals surface area contributed by atoms with Crippen molar-refractivity contribution in [1.82, 2.24) is 5.32 Å². The average Bonchev–Trinajstić information content (AvgIpc) is 2.36. The first kappa shape index (κ1) is 13.9. The Morgan fingerprint density at radius 2 is 1.94 bits per heavy atom. The quantitative estimate of drug-likeness (QED) is 0.747. The molecule has 2 heteroatoms. The van der Waals surface area contributed by atoms with E-state index in [0.29, 0.717) is 12.2 Å². The zero-order valence-corrected chi connectivity index (χ0v) is 10.9. The van der Waals surface area contributed by atoms with Gasteiger partial charge in [-0.15, -0.1) is 0 Å². The highest BCUT2D eigenvalue weighted by atomic mass is 16.1. The largest absolute Gasteiger partial charge is 0.312 e. The molecule has 0 amide bonds. The van der Waals surface area contributed by atoms with Crippen molar-refractivity contribution >= 4 is 5.78 Å². The minimum Gasteiger partial charge on any atom is -0.312 e. The van der Waals surface area contributed by atoms with Crippen LogP contribution >= 0.6 is 0 Å². The van der Waals surface area contributed by atoms with E-state index in [2.05, 4.69) is 31.3 Å². The summed E-state index contributed by atoms with van der Waals surface area (Å²) in [4.78, 5) is 11.8. The second-order valence-corrected chi connectivity index (χ2v) is 4.44. The summed E-state index contributed by atoms with van der Waals surface area (Å²) in [5.74, 6) is 0.578. The Hall–Kier alpha value is -1.15. The van der Waals surface area contributed by atoms with E-state index in [0.717, 1.165) is 25.9 Å². The van der Waals surface area contributed by atoms with Crippen molar-refractivity contribution < 1.29 is 4.79 Å². The van der Waals surface area contributed by atoms with Crippen LogP contribution in [0.3, 0.4) is 0 Å². The number of Topliss-reactive ketones (excluding diaryl/α,β-unsaturated/α-hetero) is 1. The van der Waals surface area contributed by atoms with Crippen LogP contribution in [0.15, 0.2) is 30.3 Å². The van der Waals surface area contributed by atoms with E-state index in [4.69, 9.17) is 0 Å². The fourth-order valence-corrected chi connectivity index (χ4v) is 1.92. The Bertz CT molecular complexity index is 321. The Kier molecular flexibility index (Phi) is 6.56. The Labute approximate surface area is 104 Å². The molecule has 1 N–H and O–H groups in total. The highest BCUT2D eigenvalue weighted by molar-refractivity contribution is 5.81. The standard InChI is InChI=1S/C15H23NO/c1-3-8-15(17)14(4-2)12-16-11-13-9-6-5-7-10-13/h5-7,9-10,14,16H,3-4,8,11-12H2,1-2H3. The van der Waals surface area contributed by atoms with E-state index in [1.165, 1.54) is 5.56 Å². The summed E-state index contributed by atoms with van der Waals surface area (Å²) in [6.07, 6.45) is 2.60. The monoisotopic (exact) mass is 233 g/mol. The summed E-state index contributed by atoms with van der Waals surface area (Å²) < 4.78 is 0. The van der Waals surface area contributed by atoms with Gasteiger partial charge < -0.3 is 5.32 Å². The third-order valence-corrected chi connectivity index (χ3v) is 3.01. The number of nitrogens with one attached hydrogen (secondary N) is 1. The highest BCUT2D eigenvalue weighted by Crippen LogP contribution is 2.08. The number of carbonyl (C=O) groups excluding carboxylic acids is 1. The predicted octanol–water partition coefficient (Wildman–Crippen LogP) is 3.17. The molecule has 1 rings (SSSR count). The molecule has 0 bridgehead atoms. The van der Waals surface area contributed by atoms with Crippen LogP contribution in [-0.4, -0.2) is 12.3 Å². The molecule has 0 aliphatic carbocycles. The van der Waals surface area contributed by atoms with Crippen molar-refractivity contribution in [1.29, 1.82) is 0 Å². The predicted molar refractivity (Wildman–Crippen MR) is 71.8 cm³/mol. The molecule has 0 saturated carbocycles.